The van der Waals surface area contributed by atoms with Crippen LogP contribution in [0.15, 0.2) is 36.4 Å². The summed E-state index contributed by atoms with van der Waals surface area (Å²) in [6, 6.07) is 10.9. The maximum Gasteiger partial charge on any atom is 0.306 e. The van der Waals surface area contributed by atoms with Gasteiger partial charge in [0, 0.05) is 15.7 Å². The van der Waals surface area contributed by atoms with Gasteiger partial charge in [-0.2, -0.15) is 0 Å². The van der Waals surface area contributed by atoms with Crippen LogP contribution in [0.1, 0.15) is 12.0 Å². The topological polar surface area (TPSA) is 83.1 Å². The quantitative estimate of drug-likeness (QED) is 0.421. The number of nitrogens with one attached hydrogen (secondary N) is 1. The molecule has 1 amide bonds. The average Bonchev–Trinajstić information content (AvgIpc) is 2.71. The average molecular weight is 499 g/mol. The van der Waals surface area contributed by atoms with Gasteiger partial charge in [-0.05, 0) is 71.0 Å². The highest BCUT2D eigenvalue weighted by Gasteiger charge is 2.14. The van der Waals surface area contributed by atoms with Crippen molar-refractivity contribution in [3.63, 3.8) is 0 Å². The van der Waals surface area contributed by atoms with E-state index < -0.39 is 5.97 Å². The highest BCUT2D eigenvalue weighted by atomic mass is 127. The van der Waals surface area contributed by atoms with Crippen molar-refractivity contribution in [2.24, 2.45) is 0 Å². The van der Waals surface area contributed by atoms with Gasteiger partial charge in [-0.15, -0.1) is 0 Å². The van der Waals surface area contributed by atoms with Gasteiger partial charge in [0.15, 0.2) is 18.1 Å². The van der Waals surface area contributed by atoms with E-state index in [9.17, 15) is 9.59 Å². The molecule has 0 atom stereocenters. The number of methoxy groups -OCH3 is 3. The van der Waals surface area contributed by atoms with E-state index in [0.717, 1.165) is 9.13 Å². The van der Waals surface area contributed by atoms with E-state index in [1.807, 2.05) is 12.1 Å². The number of amides is 1. The molecular formula is C20H22INO6. The third-order valence-electron chi connectivity index (χ3n) is 3.83. The Kier molecular flexibility index (Phi) is 8.37. The highest BCUT2D eigenvalue weighted by molar-refractivity contribution is 14.1. The van der Waals surface area contributed by atoms with Gasteiger partial charge in [-0.1, -0.05) is 0 Å². The minimum absolute atomic E-state index is 0.120. The molecule has 0 saturated carbocycles. The Bertz CT molecular complexity index is 797. The van der Waals surface area contributed by atoms with Crippen LogP contribution in [0.3, 0.4) is 0 Å². The first-order valence-electron chi connectivity index (χ1n) is 8.46. The number of rotatable bonds is 9. The normalized spacial score (nSPS) is 10.1. The SMILES string of the molecule is COc1cc(CCC(=O)OCC(=O)Nc2ccc(I)cc2)cc(OC)c1OC. The standard InChI is InChI=1S/C20H22INO6/c1-25-16-10-13(11-17(26-2)20(16)27-3)4-9-19(24)28-12-18(23)22-15-7-5-14(21)6-8-15/h5-8,10-11H,4,9,12H2,1-3H3,(H,22,23). The number of hydrogen-bond donors (Lipinski definition) is 1. The smallest absolute Gasteiger partial charge is 0.306 e. The Hall–Kier alpha value is -2.49. The van der Waals surface area contributed by atoms with Gasteiger partial charge in [0.25, 0.3) is 5.91 Å². The van der Waals surface area contributed by atoms with Gasteiger partial charge < -0.3 is 24.3 Å². The first-order valence-corrected chi connectivity index (χ1v) is 9.54. The van der Waals surface area contributed by atoms with Crippen molar-refractivity contribution in [1.29, 1.82) is 0 Å². The van der Waals surface area contributed by atoms with Gasteiger partial charge in [0.1, 0.15) is 0 Å². The molecule has 0 saturated heterocycles. The van der Waals surface area contributed by atoms with Gasteiger partial charge in [0.05, 0.1) is 21.3 Å². The molecule has 2 aromatic carbocycles. The largest absolute Gasteiger partial charge is 0.493 e. The van der Waals surface area contributed by atoms with Gasteiger partial charge in [-0.25, -0.2) is 0 Å². The fourth-order valence-corrected chi connectivity index (χ4v) is 2.83. The van der Waals surface area contributed by atoms with Crippen LogP contribution < -0.4 is 19.5 Å². The summed E-state index contributed by atoms with van der Waals surface area (Å²) in [5, 5.41) is 2.67. The number of carbonyl (C=O) groups excluding carboxylic acids is 2. The van der Waals surface area contributed by atoms with Crippen molar-refractivity contribution in [1.82, 2.24) is 0 Å². The van der Waals surface area contributed by atoms with Crippen LogP contribution in [0.4, 0.5) is 5.69 Å². The van der Waals surface area contributed by atoms with Crippen molar-refractivity contribution >= 4 is 40.2 Å². The Balaban J connectivity index is 1.85. The molecule has 0 aliphatic rings. The molecule has 2 aromatic rings. The lowest BCUT2D eigenvalue weighted by molar-refractivity contribution is -0.147. The molecule has 0 bridgehead atoms. The Morgan fingerprint density at radius 2 is 1.57 bits per heavy atom. The molecule has 2 rings (SSSR count). The van der Waals surface area contributed by atoms with E-state index in [2.05, 4.69) is 27.9 Å². The number of halogens is 1. The van der Waals surface area contributed by atoms with Crippen LogP contribution >= 0.6 is 22.6 Å². The monoisotopic (exact) mass is 499 g/mol. The molecule has 8 heteroatoms. The minimum atomic E-state index is -0.466. The lowest BCUT2D eigenvalue weighted by Gasteiger charge is -2.14. The Morgan fingerprint density at radius 3 is 2.11 bits per heavy atom. The minimum Gasteiger partial charge on any atom is -0.493 e. The fourth-order valence-electron chi connectivity index (χ4n) is 2.47. The molecule has 0 fully saturated rings. The predicted octanol–water partition coefficient (Wildman–Crippen LogP) is 3.43. The molecular weight excluding hydrogens is 477 g/mol. The number of ether oxygens (including phenoxy) is 4. The summed E-state index contributed by atoms with van der Waals surface area (Å²) in [4.78, 5) is 23.8. The van der Waals surface area contributed by atoms with Crippen molar-refractivity contribution in [3.05, 3.63) is 45.5 Å². The molecule has 0 aromatic heterocycles. The molecule has 0 unspecified atom stereocenters. The molecule has 7 nitrogen and oxygen atoms in total. The predicted molar refractivity (Wildman–Crippen MR) is 113 cm³/mol. The van der Waals surface area contributed by atoms with Crippen LogP contribution in [-0.2, 0) is 20.7 Å². The molecule has 1 N–H and O–H groups in total. The second-order valence-corrected chi connectivity index (χ2v) is 6.99. The number of aryl methyl sites for hydroxylation is 1. The van der Waals surface area contributed by atoms with Crippen molar-refractivity contribution in [2.45, 2.75) is 12.8 Å². The fraction of sp³-hybridized carbons (Fsp3) is 0.300. The molecule has 0 heterocycles. The van der Waals surface area contributed by atoms with Crippen molar-refractivity contribution in [3.8, 4) is 17.2 Å². The third-order valence-corrected chi connectivity index (χ3v) is 4.55. The summed E-state index contributed by atoms with van der Waals surface area (Å²) in [5.74, 6) is 0.668. The number of hydrogen-bond acceptors (Lipinski definition) is 6. The van der Waals surface area contributed by atoms with E-state index in [-0.39, 0.29) is 18.9 Å². The molecule has 0 aliphatic heterocycles. The van der Waals surface area contributed by atoms with Crippen molar-refractivity contribution in [2.75, 3.05) is 33.3 Å². The highest BCUT2D eigenvalue weighted by Crippen LogP contribution is 2.38. The summed E-state index contributed by atoms with van der Waals surface area (Å²) >= 11 is 2.18. The summed E-state index contributed by atoms with van der Waals surface area (Å²) in [6.45, 7) is -0.333. The van der Waals surface area contributed by atoms with Crippen LogP contribution in [-0.4, -0.2) is 39.8 Å². The second kappa shape index (κ2) is 10.7. The zero-order valence-corrected chi connectivity index (χ0v) is 18.1. The summed E-state index contributed by atoms with van der Waals surface area (Å²) < 4.78 is 22.0. The van der Waals surface area contributed by atoms with Crippen molar-refractivity contribution < 1.29 is 28.5 Å². The molecule has 0 aliphatic carbocycles. The van der Waals surface area contributed by atoms with Crippen LogP contribution in [0.5, 0.6) is 17.2 Å². The second-order valence-electron chi connectivity index (χ2n) is 5.75. The van der Waals surface area contributed by atoms with E-state index in [1.165, 1.54) is 21.3 Å². The summed E-state index contributed by atoms with van der Waals surface area (Å²) in [5.41, 5.74) is 1.48. The van der Waals surface area contributed by atoms with Gasteiger partial charge in [-0.3, -0.25) is 9.59 Å². The van der Waals surface area contributed by atoms with Crippen LogP contribution in [0, 0.1) is 3.57 Å². The molecule has 0 radical (unpaired) electrons. The third kappa shape index (κ3) is 6.29. The zero-order chi connectivity index (χ0) is 20.5. The molecule has 28 heavy (non-hydrogen) atoms. The lowest BCUT2D eigenvalue weighted by atomic mass is 10.1. The lowest BCUT2D eigenvalue weighted by Crippen LogP contribution is -2.21. The van der Waals surface area contributed by atoms with Gasteiger partial charge >= 0.3 is 5.97 Å². The molecule has 0 spiro atoms. The first-order chi connectivity index (χ1) is 13.5. The van der Waals surface area contributed by atoms with E-state index in [1.54, 1.807) is 24.3 Å². The zero-order valence-electron chi connectivity index (χ0n) is 15.9. The van der Waals surface area contributed by atoms with Gasteiger partial charge in [0.2, 0.25) is 5.75 Å². The Labute approximate surface area is 177 Å². The van der Waals surface area contributed by atoms with E-state index >= 15 is 0 Å². The summed E-state index contributed by atoms with van der Waals surface area (Å²) in [6.07, 6.45) is 0.531. The number of anilines is 1. The van der Waals surface area contributed by atoms with Crippen LogP contribution in [0.25, 0.3) is 0 Å². The number of carbonyl (C=O) groups is 2. The number of esters is 1. The number of benzene rings is 2. The summed E-state index contributed by atoms with van der Waals surface area (Å²) in [7, 11) is 4.59. The van der Waals surface area contributed by atoms with E-state index in [4.69, 9.17) is 18.9 Å². The first kappa shape index (κ1) is 21.8. The van der Waals surface area contributed by atoms with E-state index in [0.29, 0.717) is 29.4 Å². The Morgan fingerprint density at radius 1 is 0.964 bits per heavy atom. The van der Waals surface area contributed by atoms with Crippen LogP contribution in [0.2, 0.25) is 0 Å². The maximum atomic E-state index is 12.0. The molecule has 150 valence electrons. The maximum absolute atomic E-state index is 12.0.